The second-order valence-corrected chi connectivity index (χ2v) is 7.97. The monoisotopic (exact) mass is 372 g/mol. The Morgan fingerprint density at radius 2 is 1.88 bits per heavy atom. The zero-order valence-corrected chi connectivity index (χ0v) is 14.9. The van der Waals surface area contributed by atoms with Crippen molar-refractivity contribution in [2.75, 3.05) is 12.9 Å². The van der Waals surface area contributed by atoms with Crippen molar-refractivity contribution >= 4 is 16.1 Å². The maximum atomic E-state index is 12.0. The molecule has 0 aromatic heterocycles. The summed E-state index contributed by atoms with van der Waals surface area (Å²) in [6, 6.07) is 8.45. The van der Waals surface area contributed by atoms with E-state index in [9.17, 15) is 13.2 Å². The molecule has 1 aromatic rings. The van der Waals surface area contributed by atoms with Crippen LogP contribution in [0.15, 0.2) is 30.3 Å². The third-order valence-electron chi connectivity index (χ3n) is 3.76. The Kier molecular flexibility index (Phi) is 4.86. The number of ether oxygens (including phenoxy) is 4. The van der Waals surface area contributed by atoms with Gasteiger partial charge in [0.25, 0.3) is 10.1 Å². The van der Waals surface area contributed by atoms with E-state index in [1.165, 1.54) is 0 Å². The molecule has 9 heteroatoms. The normalized spacial score (nSPS) is 30.8. The molecule has 2 aliphatic rings. The first-order chi connectivity index (χ1) is 11.6. The number of hydrogen-bond donors (Lipinski definition) is 0. The predicted molar refractivity (Wildman–Crippen MR) is 85.1 cm³/mol. The van der Waals surface area contributed by atoms with E-state index in [-0.39, 0.29) is 6.61 Å². The second-order valence-electron chi connectivity index (χ2n) is 6.37. The summed E-state index contributed by atoms with van der Waals surface area (Å²) >= 11 is 0. The molecule has 2 heterocycles. The predicted octanol–water partition coefficient (Wildman–Crippen LogP) is 1.06. The third-order valence-corrected chi connectivity index (χ3v) is 4.33. The molecule has 0 spiro atoms. The van der Waals surface area contributed by atoms with Crippen LogP contribution in [0.4, 0.5) is 0 Å². The van der Waals surface area contributed by atoms with E-state index in [1.807, 2.05) is 0 Å². The fourth-order valence-electron chi connectivity index (χ4n) is 2.81. The molecule has 8 nitrogen and oxygen atoms in total. The fraction of sp³-hybridized carbons (Fsp3) is 0.562. The summed E-state index contributed by atoms with van der Waals surface area (Å²) in [5, 5.41) is 0. The van der Waals surface area contributed by atoms with Crippen molar-refractivity contribution in [2.45, 2.75) is 44.2 Å². The summed E-state index contributed by atoms with van der Waals surface area (Å²) in [5.41, 5.74) is 0.384. The smallest absolute Gasteiger partial charge is 0.338 e. The van der Waals surface area contributed by atoms with Gasteiger partial charge in [-0.1, -0.05) is 18.2 Å². The lowest BCUT2D eigenvalue weighted by Crippen LogP contribution is -2.40. The Morgan fingerprint density at radius 3 is 2.52 bits per heavy atom. The largest absolute Gasteiger partial charge is 0.459 e. The summed E-state index contributed by atoms with van der Waals surface area (Å²) in [6.45, 7) is 3.20. The maximum Gasteiger partial charge on any atom is 0.338 e. The highest BCUT2D eigenvalue weighted by Crippen LogP contribution is 2.39. The average molecular weight is 372 g/mol. The molecule has 138 valence electrons. The van der Waals surface area contributed by atoms with Crippen LogP contribution in [0.2, 0.25) is 0 Å². The van der Waals surface area contributed by atoms with E-state index in [4.69, 9.17) is 23.1 Å². The van der Waals surface area contributed by atoms with Crippen LogP contribution >= 0.6 is 0 Å². The van der Waals surface area contributed by atoms with Gasteiger partial charge in [-0.15, -0.1) is 0 Å². The molecule has 0 N–H and O–H groups in total. The van der Waals surface area contributed by atoms with Crippen LogP contribution < -0.4 is 0 Å². The number of esters is 1. The standard InChI is InChI=1S/C16H20O8S/c1-16(2)22-13-12(24-25(3,18)19)11(21-15(13)23-16)9-20-14(17)10-7-5-4-6-8-10/h4-8,11-13,15H,9H2,1-3H3/t11-,12+,13+,15+/m0/s1. The molecule has 2 aliphatic heterocycles. The molecule has 25 heavy (non-hydrogen) atoms. The number of carbonyl (C=O) groups is 1. The molecule has 0 saturated carbocycles. The summed E-state index contributed by atoms with van der Waals surface area (Å²) in [4.78, 5) is 12.0. The number of benzene rings is 1. The number of hydrogen-bond acceptors (Lipinski definition) is 8. The van der Waals surface area contributed by atoms with E-state index in [1.54, 1.807) is 44.2 Å². The number of fused-ring (bicyclic) bond motifs is 1. The van der Waals surface area contributed by atoms with Crippen LogP contribution in [-0.4, -0.2) is 57.6 Å². The van der Waals surface area contributed by atoms with Gasteiger partial charge in [0.2, 0.25) is 0 Å². The molecule has 1 aromatic carbocycles. The summed E-state index contributed by atoms with van der Waals surface area (Å²) in [5.74, 6) is -1.46. The Morgan fingerprint density at radius 1 is 1.20 bits per heavy atom. The highest BCUT2D eigenvalue weighted by Gasteiger charge is 2.56. The lowest BCUT2D eigenvalue weighted by atomic mass is 10.1. The molecule has 0 radical (unpaired) electrons. The van der Waals surface area contributed by atoms with Crippen LogP contribution in [0.3, 0.4) is 0 Å². The van der Waals surface area contributed by atoms with Gasteiger partial charge in [-0.25, -0.2) is 4.79 Å². The summed E-state index contributed by atoms with van der Waals surface area (Å²) in [7, 11) is -3.76. The molecule has 0 unspecified atom stereocenters. The second kappa shape index (κ2) is 6.65. The van der Waals surface area contributed by atoms with Crippen molar-refractivity contribution in [3.63, 3.8) is 0 Å². The highest BCUT2D eigenvalue weighted by molar-refractivity contribution is 7.86. The Balaban J connectivity index is 1.68. The highest BCUT2D eigenvalue weighted by atomic mass is 32.2. The van der Waals surface area contributed by atoms with Gasteiger partial charge >= 0.3 is 5.97 Å². The molecule has 0 bridgehead atoms. The number of rotatable bonds is 5. The first kappa shape index (κ1) is 18.3. The fourth-order valence-corrected chi connectivity index (χ4v) is 3.45. The average Bonchev–Trinajstić information content (AvgIpc) is 2.97. The third kappa shape index (κ3) is 4.36. The molecule has 2 fully saturated rings. The Labute approximate surface area is 146 Å². The lowest BCUT2D eigenvalue weighted by molar-refractivity contribution is -0.216. The minimum absolute atomic E-state index is 0.186. The first-order valence-corrected chi connectivity index (χ1v) is 9.58. The van der Waals surface area contributed by atoms with Crippen molar-refractivity contribution in [3.8, 4) is 0 Å². The van der Waals surface area contributed by atoms with Gasteiger partial charge in [0, 0.05) is 0 Å². The van der Waals surface area contributed by atoms with Gasteiger partial charge in [0.15, 0.2) is 12.1 Å². The van der Waals surface area contributed by atoms with Crippen molar-refractivity contribution < 1.29 is 36.3 Å². The van der Waals surface area contributed by atoms with Gasteiger partial charge in [-0.05, 0) is 26.0 Å². The lowest BCUT2D eigenvalue weighted by Gasteiger charge is -2.24. The van der Waals surface area contributed by atoms with Crippen molar-refractivity contribution in [2.24, 2.45) is 0 Å². The van der Waals surface area contributed by atoms with Crippen LogP contribution in [0, 0.1) is 0 Å². The minimum atomic E-state index is -3.76. The number of carbonyl (C=O) groups excluding carboxylic acids is 1. The maximum absolute atomic E-state index is 12.0. The van der Waals surface area contributed by atoms with Crippen LogP contribution in [-0.2, 0) is 33.2 Å². The van der Waals surface area contributed by atoms with Crippen molar-refractivity contribution in [3.05, 3.63) is 35.9 Å². The van der Waals surface area contributed by atoms with Gasteiger partial charge in [0.1, 0.15) is 24.9 Å². The van der Waals surface area contributed by atoms with Crippen LogP contribution in [0.1, 0.15) is 24.2 Å². The molecular weight excluding hydrogens is 352 g/mol. The van der Waals surface area contributed by atoms with E-state index >= 15 is 0 Å². The first-order valence-electron chi connectivity index (χ1n) is 7.76. The van der Waals surface area contributed by atoms with Crippen LogP contribution in [0.25, 0.3) is 0 Å². The molecule has 0 aliphatic carbocycles. The van der Waals surface area contributed by atoms with E-state index in [0.717, 1.165) is 6.26 Å². The summed E-state index contributed by atoms with van der Waals surface area (Å²) < 4.78 is 50.4. The van der Waals surface area contributed by atoms with Gasteiger partial charge < -0.3 is 18.9 Å². The van der Waals surface area contributed by atoms with Crippen LogP contribution in [0.5, 0.6) is 0 Å². The van der Waals surface area contributed by atoms with Gasteiger partial charge in [0.05, 0.1) is 11.8 Å². The van der Waals surface area contributed by atoms with Crippen molar-refractivity contribution in [1.29, 1.82) is 0 Å². The zero-order valence-electron chi connectivity index (χ0n) is 14.1. The Bertz CT molecular complexity index is 730. The van der Waals surface area contributed by atoms with E-state index < -0.39 is 46.5 Å². The Hall–Kier alpha value is -1.52. The molecule has 4 atom stereocenters. The SMILES string of the molecule is CC1(C)O[C@H]2O[C@@H](COC(=O)c3ccccc3)[C@@H](OS(C)(=O)=O)[C@H]2O1. The summed E-state index contributed by atoms with van der Waals surface area (Å²) in [6.07, 6.45) is -2.37. The minimum Gasteiger partial charge on any atom is -0.459 e. The molecule has 3 rings (SSSR count). The topological polar surface area (TPSA) is 97.4 Å². The molecule has 2 saturated heterocycles. The van der Waals surface area contributed by atoms with Gasteiger partial charge in [-0.2, -0.15) is 8.42 Å². The molecule has 0 amide bonds. The van der Waals surface area contributed by atoms with E-state index in [0.29, 0.717) is 5.56 Å². The van der Waals surface area contributed by atoms with Crippen molar-refractivity contribution in [1.82, 2.24) is 0 Å². The van der Waals surface area contributed by atoms with Gasteiger partial charge in [-0.3, -0.25) is 4.18 Å². The zero-order chi connectivity index (χ0) is 18.2. The quantitative estimate of drug-likeness (QED) is 0.559. The van der Waals surface area contributed by atoms with E-state index in [2.05, 4.69) is 0 Å². The molecular formula is C16H20O8S.